The van der Waals surface area contributed by atoms with Crippen LogP contribution in [0.5, 0.6) is 0 Å². The summed E-state index contributed by atoms with van der Waals surface area (Å²) in [4.78, 5) is 11.8. The van der Waals surface area contributed by atoms with Gasteiger partial charge in [0.1, 0.15) is 0 Å². The highest BCUT2D eigenvalue weighted by molar-refractivity contribution is 5.95. The molecule has 0 atom stereocenters. The van der Waals surface area contributed by atoms with Crippen LogP contribution in [0.1, 0.15) is 37.0 Å². The number of hydrogen-bond acceptors (Lipinski definition) is 3. The molecule has 96 valence electrons. The van der Waals surface area contributed by atoms with Gasteiger partial charge in [-0.15, -0.1) is 0 Å². The summed E-state index contributed by atoms with van der Waals surface area (Å²) in [5.41, 5.74) is 4.01. The van der Waals surface area contributed by atoms with Gasteiger partial charge in [0.05, 0.1) is 12.2 Å². The first-order valence-electron chi connectivity index (χ1n) is 6.12. The molecule has 1 aromatic rings. The summed E-state index contributed by atoms with van der Waals surface area (Å²) < 4.78 is 5.59. The molecule has 18 heavy (non-hydrogen) atoms. The Kier molecular flexibility index (Phi) is 3.77. The fraction of sp³-hybridized carbons (Fsp3) is 0.429. The lowest BCUT2D eigenvalue weighted by atomic mass is 9.97. The second-order valence-corrected chi connectivity index (χ2v) is 5.02. The summed E-state index contributed by atoms with van der Waals surface area (Å²) >= 11 is 0. The minimum absolute atomic E-state index is 0.174. The van der Waals surface area contributed by atoms with E-state index in [1.54, 1.807) is 12.1 Å². The number of hydrazone groups is 1. The zero-order chi connectivity index (χ0) is 13.0. The summed E-state index contributed by atoms with van der Waals surface area (Å²) in [6.45, 7) is 4.72. The Labute approximate surface area is 107 Å². The summed E-state index contributed by atoms with van der Waals surface area (Å²) in [6.07, 6.45) is 1.53. The topological polar surface area (TPSA) is 50.7 Å². The molecule has 1 saturated heterocycles. The lowest BCUT2D eigenvalue weighted by Crippen LogP contribution is -2.35. The number of benzene rings is 1. The van der Waals surface area contributed by atoms with Gasteiger partial charge >= 0.3 is 0 Å². The summed E-state index contributed by atoms with van der Waals surface area (Å²) in [5.74, 6) is -0.174. The standard InChI is InChI=1S/C14H18N2O2/c1-14(2)10-12(8-9-18-14)15-16-13(17)11-6-4-3-5-7-11/h3-7H,8-10H2,1-2H3,(H,16,17)/b15-12-. The van der Waals surface area contributed by atoms with Crippen LogP contribution in [0, 0.1) is 0 Å². The Balaban J connectivity index is 1.97. The average Bonchev–Trinajstić information content (AvgIpc) is 2.36. The maximum atomic E-state index is 11.8. The minimum atomic E-state index is -0.186. The molecule has 1 fully saturated rings. The Morgan fingerprint density at radius 3 is 2.72 bits per heavy atom. The molecule has 0 aromatic heterocycles. The van der Waals surface area contributed by atoms with Crippen LogP contribution in [0.4, 0.5) is 0 Å². The molecule has 4 heteroatoms. The van der Waals surface area contributed by atoms with E-state index in [0.29, 0.717) is 12.2 Å². The zero-order valence-corrected chi connectivity index (χ0v) is 10.8. The summed E-state index contributed by atoms with van der Waals surface area (Å²) in [6, 6.07) is 9.08. The normalized spacial score (nSPS) is 20.7. The summed E-state index contributed by atoms with van der Waals surface area (Å²) in [7, 11) is 0. The van der Waals surface area contributed by atoms with Crippen LogP contribution >= 0.6 is 0 Å². The van der Waals surface area contributed by atoms with E-state index in [1.165, 1.54) is 0 Å². The van der Waals surface area contributed by atoms with Crippen LogP contribution in [0.2, 0.25) is 0 Å². The van der Waals surface area contributed by atoms with Crippen molar-refractivity contribution in [2.45, 2.75) is 32.3 Å². The predicted molar refractivity (Wildman–Crippen MR) is 70.6 cm³/mol. The Bertz CT molecular complexity index is 452. The van der Waals surface area contributed by atoms with Crippen molar-refractivity contribution in [2.24, 2.45) is 5.10 Å². The van der Waals surface area contributed by atoms with E-state index in [4.69, 9.17) is 4.74 Å². The van der Waals surface area contributed by atoms with Gasteiger partial charge in [0, 0.05) is 24.1 Å². The second kappa shape index (κ2) is 5.31. The van der Waals surface area contributed by atoms with Crippen LogP contribution in [0.15, 0.2) is 35.4 Å². The van der Waals surface area contributed by atoms with Gasteiger partial charge in [0.25, 0.3) is 5.91 Å². The van der Waals surface area contributed by atoms with Gasteiger partial charge in [0.15, 0.2) is 0 Å². The monoisotopic (exact) mass is 246 g/mol. The van der Waals surface area contributed by atoms with Crippen LogP contribution in [0.25, 0.3) is 0 Å². The van der Waals surface area contributed by atoms with Gasteiger partial charge in [-0.25, -0.2) is 5.43 Å². The maximum Gasteiger partial charge on any atom is 0.271 e. The van der Waals surface area contributed by atoms with Crippen molar-refractivity contribution >= 4 is 11.6 Å². The van der Waals surface area contributed by atoms with Gasteiger partial charge in [0.2, 0.25) is 0 Å². The van der Waals surface area contributed by atoms with E-state index in [1.807, 2.05) is 32.0 Å². The van der Waals surface area contributed by atoms with Crippen molar-refractivity contribution in [3.8, 4) is 0 Å². The molecule has 1 amide bonds. The molecular weight excluding hydrogens is 228 g/mol. The molecule has 1 aromatic carbocycles. The fourth-order valence-electron chi connectivity index (χ4n) is 1.96. The molecular formula is C14H18N2O2. The highest BCUT2D eigenvalue weighted by atomic mass is 16.5. The number of nitrogens with one attached hydrogen (secondary N) is 1. The minimum Gasteiger partial charge on any atom is -0.375 e. The van der Waals surface area contributed by atoms with Crippen molar-refractivity contribution in [1.82, 2.24) is 5.43 Å². The number of nitrogens with zero attached hydrogens (tertiary/aromatic N) is 1. The predicted octanol–water partition coefficient (Wildman–Crippen LogP) is 2.36. The highest BCUT2D eigenvalue weighted by Gasteiger charge is 2.26. The SMILES string of the molecule is CC1(C)C/C(=N\NC(=O)c2ccccc2)CCO1. The first-order valence-corrected chi connectivity index (χ1v) is 6.12. The van der Waals surface area contributed by atoms with Crippen LogP contribution in [0.3, 0.4) is 0 Å². The number of carbonyl (C=O) groups is 1. The molecule has 0 saturated carbocycles. The van der Waals surface area contributed by atoms with Gasteiger partial charge in [-0.2, -0.15) is 5.10 Å². The quantitative estimate of drug-likeness (QED) is 0.814. The summed E-state index contributed by atoms with van der Waals surface area (Å²) in [5, 5.41) is 4.19. The van der Waals surface area contributed by atoms with Gasteiger partial charge in [-0.05, 0) is 26.0 Å². The van der Waals surface area contributed by atoms with Crippen molar-refractivity contribution in [3.05, 3.63) is 35.9 Å². The molecule has 1 aliphatic rings. The molecule has 1 aliphatic heterocycles. The third-order valence-corrected chi connectivity index (χ3v) is 2.86. The molecule has 0 spiro atoms. The van der Waals surface area contributed by atoms with E-state index in [2.05, 4.69) is 10.5 Å². The van der Waals surface area contributed by atoms with Crippen molar-refractivity contribution < 1.29 is 9.53 Å². The molecule has 2 rings (SSSR count). The molecule has 0 unspecified atom stereocenters. The highest BCUT2D eigenvalue weighted by Crippen LogP contribution is 2.21. The third-order valence-electron chi connectivity index (χ3n) is 2.86. The number of rotatable bonds is 2. The fourth-order valence-corrected chi connectivity index (χ4v) is 1.96. The van der Waals surface area contributed by atoms with Gasteiger partial charge < -0.3 is 4.74 Å². The third kappa shape index (κ3) is 3.40. The first kappa shape index (κ1) is 12.8. The van der Waals surface area contributed by atoms with Crippen molar-refractivity contribution in [1.29, 1.82) is 0 Å². The molecule has 1 N–H and O–H groups in total. The molecule has 0 aliphatic carbocycles. The van der Waals surface area contributed by atoms with E-state index in [0.717, 1.165) is 18.6 Å². The molecule has 4 nitrogen and oxygen atoms in total. The van der Waals surface area contributed by atoms with E-state index in [9.17, 15) is 4.79 Å². The van der Waals surface area contributed by atoms with E-state index < -0.39 is 0 Å². The number of amides is 1. The van der Waals surface area contributed by atoms with E-state index in [-0.39, 0.29) is 11.5 Å². The smallest absolute Gasteiger partial charge is 0.271 e. The largest absolute Gasteiger partial charge is 0.375 e. The average molecular weight is 246 g/mol. The van der Waals surface area contributed by atoms with Crippen molar-refractivity contribution in [3.63, 3.8) is 0 Å². The van der Waals surface area contributed by atoms with Crippen molar-refractivity contribution in [2.75, 3.05) is 6.61 Å². The molecule has 1 heterocycles. The Morgan fingerprint density at radius 2 is 2.06 bits per heavy atom. The lowest BCUT2D eigenvalue weighted by Gasteiger charge is -2.30. The van der Waals surface area contributed by atoms with Crippen LogP contribution in [-0.4, -0.2) is 23.8 Å². The number of hydrogen-bond donors (Lipinski definition) is 1. The number of carbonyl (C=O) groups excluding carboxylic acids is 1. The zero-order valence-electron chi connectivity index (χ0n) is 10.8. The molecule has 0 radical (unpaired) electrons. The number of ether oxygens (including phenoxy) is 1. The van der Waals surface area contributed by atoms with Crippen LogP contribution < -0.4 is 5.43 Å². The maximum absolute atomic E-state index is 11.8. The first-order chi connectivity index (χ1) is 8.57. The Morgan fingerprint density at radius 1 is 1.33 bits per heavy atom. The Hall–Kier alpha value is -1.68. The van der Waals surface area contributed by atoms with Gasteiger partial charge in [-0.3, -0.25) is 4.79 Å². The van der Waals surface area contributed by atoms with E-state index >= 15 is 0 Å². The van der Waals surface area contributed by atoms with Crippen LogP contribution in [-0.2, 0) is 4.74 Å². The van der Waals surface area contributed by atoms with Gasteiger partial charge in [-0.1, -0.05) is 18.2 Å². The lowest BCUT2D eigenvalue weighted by molar-refractivity contribution is -0.0200. The molecule has 0 bridgehead atoms. The second-order valence-electron chi connectivity index (χ2n) is 5.02.